The fraction of sp³-hybridized carbons (Fsp3) is 0.786. The van der Waals surface area contributed by atoms with Crippen LogP contribution in [-0.4, -0.2) is 16.1 Å². The molecule has 2 rings (SSSR count). The van der Waals surface area contributed by atoms with E-state index in [1.165, 1.54) is 25.7 Å². The molecule has 0 amide bonds. The maximum atomic E-state index is 4.44. The molecule has 1 aromatic rings. The third-order valence-electron chi connectivity index (χ3n) is 4.11. The number of aromatic nitrogens is 2. The Bertz CT molecular complexity index is 337. The van der Waals surface area contributed by atoms with Crippen LogP contribution in [0.1, 0.15) is 52.5 Å². The lowest BCUT2D eigenvalue weighted by molar-refractivity contribution is 0.436. The first-order valence-electron chi connectivity index (χ1n) is 6.95. The summed E-state index contributed by atoms with van der Waals surface area (Å²) in [7, 11) is 0. The Morgan fingerprint density at radius 1 is 1.35 bits per heavy atom. The van der Waals surface area contributed by atoms with Gasteiger partial charge in [-0.25, -0.2) is 4.98 Å². The van der Waals surface area contributed by atoms with Crippen molar-refractivity contribution in [2.45, 2.75) is 52.5 Å². The van der Waals surface area contributed by atoms with Crippen LogP contribution < -0.4 is 5.32 Å². The number of rotatable bonds is 5. The van der Waals surface area contributed by atoms with Crippen LogP contribution in [0.15, 0.2) is 12.4 Å². The predicted octanol–water partition coefficient (Wildman–Crippen LogP) is 3.70. The van der Waals surface area contributed by atoms with Crippen LogP contribution in [0.25, 0.3) is 0 Å². The smallest absolute Gasteiger partial charge is 0.203 e. The van der Waals surface area contributed by atoms with Crippen LogP contribution in [-0.2, 0) is 0 Å². The molecule has 0 aromatic carbocycles. The quantitative estimate of drug-likeness (QED) is 0.843. The Hall–Kier alpha value is -0.990. The van der Waals surface area contributed by atoms with Crippen molar-refractivity contribution in [3.05, 3.63) is 12.4 Å². The van der Waals surface area contributed by atoms with Crippen molar-refractivity contribution < 1.29 is 0 Å². The molecule has 1 unspecified atom stereocenters. The van der Waals surface area contributed by atoms with Gasteiger partial charge in [0, 0.05) is 25.0 Å². The molecule has 1 saturated carbocycles. The van der Waals surface area contributed by atoms with Gasteiger partial charge in [0.1, 0.15) is 0 Å². The van der Waals surface area contributed by atoms with E-state index in [1.807, 2.05) is 6.20 Å². The highest BCUT2D eigenvalue weighted by molar-refractivity contribution is 5.27. The largest absolute Gasteiger partial charge is 0.355 e. The number of anilines is 1. The molecule has 3 heteroatoms. The van der Waals surface area contributed by atoms with E-state index in [-0.39, 0.29) is 0 Å². The van der Waals surface area contributed by atoms with Gasteiger partial charge in [0.05, 0.1) is 0 Å². The molecule has 1 aliphatic carbocycles. The van der Waals surface area contributed by atoms with Crippen LogP contribution in [0.2, 0.25) is 0 Å². The second-order valence-corrected chi connectivity index (χ2v) is 5.70. The second kappa shape index (κ2) is 5.56. The average molecular weight is 235 g/mol. The SMILES string of the molecule is CC(C)C(C)CNc1nccn1C1CCCC1. The molecule has 0 aliphatic heterocycles. The summed E-state index contributed by atoms with van der Waals surface area (Å²) < 4.78 is 2.33. The molecule has 1 atom stereocenters. The molecule has 96 valence electrons. The van der Waals surface area contributed by atoms with Crippen LogP contribution in [0, 0.1) is 11.8 Å². The minimum atomic E-state index is 0.675. The Balaban J connectivity index is 1.94. The van der Waals surface area contributed by atoms with E-state index in [0.717, 1.165) is 18.4 Å². The molecule has 1 fully saturated rings. The van der Waals surface area contributed by atoms with E-state index in [2.05, 4.69) is 41.8 Å². The number of hydrogen-bond donors (Lipinski definition) is 1. The zero-order chi connectivity index (χ0) is 12.3. The van der Waals surface area contributed by atoms with Crippen molar-refractivity contribution in [2.75, 3.05) is 11.9 Å². The minimum absolute atomic E-state index is 0.675. The summed E-state index contributed by atoms with van der Waals surface area (Å²) in [5.41, 5.74) is 0. The first kappa shape index (κ1) is 12.5. The van der Waals surface area contributed by atoms with E-state index in [9.17, 15) is 0 Å². The van der Waals surface area contributed by atoms with E-state index in [1.54, 1.807) is 0 Å². The molecular formula is C14H25N3. The zero-order valence-electron chi connectivity index (χ0n) is 11.3. The number of imidazole rings is 1. The Kier molecular flexibility index (Phi) is 4.08. The summed E-state index contributed by atoms with van der Waals surface area (Å²) in [5, 5.41) is 3.50. The molecule has 0 radical (unpaired) electrons. The summed E-state index contributed by atoms with van der Waals surface area (Å²) in [5.74, 6) is 2.46. The fourth-order valence-electron chi connectivity index (χ4n) is 2.42. The topological polar surface area (TPSA) is 29.9 Å². The van der Waals surface area contributed by atoms with Gasteiger partial charge in [-0.1, -0.05) is 33.6 Å². The van der Waals surface area contributed by atoms with Gasteiger partial charge in [-0.05, 0) is 24.7 Å². The van der Waals surface area contributed by atoms with Crippen molar-refractivity contribution in [3.8, 4) is 0 Å². The van der Waals surface area contributed by atoms with Crippen molar-refractivity contribution in [1.29, 1.82) is 0 Å². The number of nitrogens with one attached hydrogen (secondary N) is 1. The minimum Gasteiger partial charge on any atom is -0.355 e. The standard InChI is InChI=1S/C14H25N3/c1-11(2)12(3)10-16-14-15-8-9-17(14)13-6-4-5-7-13/h8-9,11-13H,4-7,10H2,1-3H3,(H,15,16). The summed E-state index contributed by atoms with van der Waals surface area (Å²) in [6, 6.07) is 0.675. The van der Waals surface area contributed by atoms with Gasteiger partial charge in [0.15, 0.2) is 0 Å². The molecule has 0 spiro atoms. The lowest BCUT2D eigenvalue weighted by Gasteiger charge is -2.19. The average Bonchev–Trinajstić information content (AvgIpc) is 2.95. The summed E-state index contributed by atoms with van der Waals surface area (Å²) in [6.07, 6.45) is 9.39. The lowest BCUT2D eigenvalue weighted by atomic mass is 9.98. The molecule has 0 saturated heterocycles. The molecule has 1 N–H and O–H groups in total. The number of nitrogens with zero attached hydrogens (tertiary/aromatic N) is 2. The van der Waals surface area contributed by atoms with Gasteiger partial charge in [-0.15, -0.1) is 0 Å². The van der Waals surface area contributed by atoms with Crippen molar-refractivity contribution in [3.63, 3.8) is 0 Å². The Morgan fingerprint density at radius 3 is 2.71 bits per heavy atom. The highest BCUT2D eigenvalue weighted by Crippen LogP contribution is 2.31. The van der Waals surface area contributed by atoms with E-state index in [4.69, 9.17) is 0 Å². The van der Waals surface area contributed by atoms with Gasteiger partial charge < -0.3 is 9.88 Å². The van der Waals surface area contributed by atoms with Crippen LogP contribution in [0.4, 0.5) is 5.95 Å². The third kappa shape index (κ3) is 3.02. The van der Waals surface area contributed by atoms with Crippen molar-refractivity contribution in [2.24, 2.45) is 11.8 Å². The number of hydrogen-bond acceptors (Lipinski definition) is 2. The Labute approximate surface area is 105 Å². The van der Waals surface area contributed by atoms with Crippen LogP contribution >= 0.6 is 0 Å². The molecular weight excluding hydrogens is 210 g/mol. The van der Waals surface area contributed by atoms with Gasteiger partial charge >= 0.3 is 0 Å². The molecule has 1 aromatic heterocycles. The van der Waals surface area contributed by atoms with Gasteiger partial charge in [0.25, 0.3) is 0 Å². The van der Waals surface area contributed by atoms with Crippen molar-refractivity contribution in [1.82, 2.24) is 9.55 Å². The fourth-order valence-corrected chi connectivity index (χ4v) is 2.42. The van der Waals surface area contributed by atoms with Crippen LogP contribution in [0.5, 0.6) is 0 Å². The third-order valence-corrected chi connectivity index (χ3v) is 4.11. The molecule has 17 heavy (non-hydrogen) atoms. The molecule has 1 aliphatic rings. The van der Waals surface area contributed by atoms with Crippen molar-refractivity contribution >= 4 is 5.95 Å². The monoisotopic (exact) mass is 235 g/mol. The van der Waals surface area contributed by atoms with Crippen LogP contribution in [0.3, 0.4) is 0 Å². The highest BCUT2D eigenvalue weighted by Gasteiger charge is 2.19. The normalized spacial score (nSPS) is 18.8. The van der Waals surface area contributed by atoms with Gasteiger partial charge in [0.2, 0.25) is 5.95 Å². The second-order valence-electron chi connectivity index (χ2n) is 5.70. The first-order valence-corrected chi connectivity index (χ1v) is 6.95. The summed E-state index contributed by atoms with van der Waals surface area (Å²) in [6.45, 7) is 7.85. The molecule has 3 nitrogen and oxygen atoms in total. The Morgan fingerprint density at radius 2 is 2.06 bits per heavy atom. The summed E-state index contributed by atoms with van der Waals surface area (Å²) in [4.78, 5) is 4.44. The zero-order valence-corrected chi connectivity index (χ0v) is 11.3. The first-order chi connectivity index (χ1) is 8.18. The summed E-state index contributed by atoms with van der Waals surface area (Å²) >= 11 is 0. The highest BCUT2D eigenvalue weighted by atomic mass is 15.2. The molecule has 0 bridgehead atoms. The van der Waals surface area contributed by atoms with E-state index < -0.39 is 0 Å². The maximum Gasteiger partial charge on any atom is 0.203 e. The lowest BCUT2D eigenvalue weighted by Crippen LogP contribution is -2.19. The van der Waals surface area contributed by atoms with E-state index in [0.29, 0.717) is 12.0 Å². The van der Waals surface area contributed by atoms with E-state index >= 15 is 0 Å². The maximum absolute atomic E-state index is 4.44. The van der Waals surface area contributed by atoms with Gasteiger partial charge in [-0.2, -0.15) is 0 Å². The van der Waals surface area contributed by atoms with Gasteiger partial charge in [-0.3, -0.25) is 0 Å². The molecule has 1 heterocycles. The predicted molar refractivity (Wildman–Crippen MR) is 72.2 cm³/mol.